The van der Waals surface area contributed by atoms with Gasteiger partial charge in [0.1, 0.15) is 12.4 Å². The number of likely N-dealkylation sites (tertiary alicyclic amines) is 1. The van der Waals surface area contributed by atoms with E-state index in [1.807, 2.05) is 43.0 Å². The number of hydrogen-bond donors (Lipinski definition) is 0. The fraction of sp³-hybridized carbons (Fsp3) is 0.529. The largest absolute Gasteiger partial charge is 0.491 e. The summed E-state index contributed by atoms with van der Waals surface area (Å²) in [6.07, 6.45) is 0.537. The predicted molar refractivity (Wildman–Crippen MR) is 89.1 cm³/mol. The molecule has 4 nitrogen and oxygen atoms in total. The summed E-state index contributed by atoms with van der Waals surface area (Å²) in [6, 6.07) is 7.95. The van der Waals surface area contributed by atoms with Crippen molar-refractivity contribution in [2.45, 2.75) is 33.2 Å². The lowest BCUT2D eigenvalue weighted by molar-refractivity contribution is -0.129. The quantitative estimate of drug-likeness (QED) is 0.808. The molecule has 1 saturated heterocycles. The number of hydrogen-bond acceptors (Lipinski definition) is 4. The highest BCUT2D eigenvalue weighted by molar-refractivity contribution is 8.13. The zero-order chi connectivity index (χ0) is 16.1. The highest BCUT2D eigenvalue weighted by atomic mass is 32.2. The number of benzene rings is 1. The molecule has 1 heterocycles. The molecule has 1 fully saturated rings. The summed E-state index contributed by atoms with van der Waals surface area (Å²) in [6.45, 7) is 6.82. The average Bonchev–Trinajstić information content (AvgIpc) is 2.85. The Hall–Kier alpha value is -1.49. The van der Waals surface area contributed by atoms with Gasteiger partial charge in [-0.25, -0.2) is 0 Å². The Morgan fingerprint density at radius 2 is 2.09 bits per heavy atom. The minimum atomic E-state index is 0.0427. The Balaban J connectivity index is 1.81. The molecule has 0 aromatic heterocycles. The number of nitrogens with zero attached hydrogens (tertiary/aromatic N) is 1. The van der Waals surface area contributed by atoms with E-state index in [0.717, 1.165) is 18.0 Å². The minimum absolute atomic E-state index is 0.0427. The predicted octanol–water partition coefficient (Wildman–Crippen LogP) is 2.89. The van der Waals surface area contributed by atoms with Crippen molar-refractivity contribution in [2.75, 3.05) is 18.9 Å². The molecule has 0 spiro atoms. The van der Waals surface area contributed by atoms with Crippen LogP contribution in [0.1, 0.15) is 25.8 Å². The average molecular weight is 321 g/mol. The minimum Gasteiger partial charge on any atom is -0.491 e. The van der Waals surface area contributed by atoms with Crippen LogP contribution < -0.4 is 4.74 Å². The summed E-state index contributed by atoms with van der Waals surface area (Å²) in [7, 11) is 0. The molecule has 22 heavy (non-hydrogen) atoms. The molecule has 2 atom stereocenters. The van der Waals surface area contributed by atoms with Gasteiger partial charge >= 0.3 is 0 Å². The van der Waals surface area contributed by atoms with Crippen molar-refractivity contribution in [1.29, 1.82) is 0 Å². The Bertz CT molecular complexity index is 529. The topological polar surface area (TPSA) is 46.6 Å². The summed E-state index contributed by atoms with van der Waals surface area (Å²) in [5, 5.41) is 0.113. The van der Waals surface area contributed by atoms with Gasteiger partial charge in [-0.15, -0.1) is 0 Å². The van der Waals surface area contributed by atoms with E-state index in [-0.39, 0.29) is 23.0 Å². The number of carbonyl (C=O) groups is 2. The fourth-order valence-corrected chi connectivity index (χ4v) is 3.22. The van der Waals surface area contributed by atoms with E-state index in [1.54, 1.807) is 6.92 Å². The van der Waals surface area contributed by atoms with Crippen LogP contribution in [-0.4, -0.2) is 40.9 Å². The first-order valence-electron chi connectivity index (χ1n) is 7.58. The number of ether oxygens (including phenoxy) is 1. The van der Waals surface area contributed by atoms with Gasteiger partial charge in [-0.1, -0.05) is 29.5 Å². The Morgan fingerprint density at radius 3 is 2.73 bits per heavy atom. The summed E-state index contributed by atoms with van der Waals surface area (Å²) < 4.78 is 5.76. The molecule has 2 rings (SSSR count). The van der Waals surface area contributed by atoms with E-state index in [2.05, 4.69) is 0 Å². The van der Waals surface area contributed by atoms with Crippen LogP contribution in [0.2, 0.25) is 0 Å². The van der Waals surface area contributed by atoms with Gasteiger partial charge in [0.2, 0.25) is 5.91 Å². The summed E-state index contributed by atoms with van der Waals surface area (Å²) in [4.78, 5) is 25.0. The maximum Gasteiger partial charge on any atom is 0.223 e. The van der Waals surface area contributed by atoms with E-state index in [4.69, 9.17) is 4.74 Å². The number of thioether (sulfide) groups is 1. The van der Waals surface area contributed by atoms with Crippen molar-refractivity contribution < 1.29 is 14.3 Å². The van der Waals surface area contributed by atoms with Crippen molar-refractivity contribution in [1.82, 2.24) is 4.90 Å². The lowest BCUT2D eigenvalue weighted by Gasteiger charge is -2.25. The fourth-order valence-electron chi connectivity index (χ4n) is 2.52. The standard InChI is InChI=1S/C17H23NO3S/c1-12-4-6-16(7-5-12)21-10-13(2)18-9-15(8-17(18)20)11-22-14(3)19/h4-7,13,15H,8-11H2,1-3H3. The van der Waals surface area contributed by atoms with Gasteiger partial charge in [-0.2, -0.15) is 0 Å². The number of carbonyl (C=O) groups excluding carboxylic acids is 2. The summed E-state index contributed by atoms with van der Waals surface area (Å²) >= 11 is 1.31. The van der Waals surface area contributed by atoms with Gasteiger partial charge in [-0.05, 0) is 31.9 Å². The van der Waals surface area contributed by atoms with E-state index >= 15 is 0 Å². The summed E-state index contributed by atoms with van der Waals surface area (Å²) in [5.74, 6) is 1.98. The van der Waals surface area contributed by atoms with Crippen LogP contribution in [0.3, 0.4) is 0 Å². The molecule has 0 bridgehead atoms. The number of aryl methyl sites for hydroxylation is 1. The van der Waals surface area contributed by atoms with Crippen molar-refractivity contribution in [3.63, 3.8) is 0 Å². The highest BCUT2D eigenvalue weighted by Crippen LogP contribution is 2.24. The number of amides is 1. The maximum atomic E-state index is 12.1. The first-order chi connectivity index (χ1) is 10.5. The van der Waals surface area contributed by atoms with Gasteiger partial charge in [-0.3, -0.25) is 9.59 Å². The smallest absolute Gasteiger partial charge is 0.223 e. The van der Waals surface area contributed by atoms with E-state index < -0.39 is 0 Å². The van der Waals surface area contributed by atoms with Gasteiger partial charge < -0.3 is 9.64 Å². The molecule has 120 valence electrons. The van der Waals surface area contributed by atoms with Crippen molar-refractivity contribution in [2.24, 2.45) is 5.92 Å². The van der Waals surface area contributed by atoms with Gasteiger partial charge in [0.05, 0.1) is 6.04 Å². The molecular weight excluding hydrogens is 298 g/mol. The third-order valence-corrected chi connectivity index (χ3v) is 4.85. The lowest BCUT2D eigenvalue weighted by atomic mass is 10.1. The molecule has 1 aliphatic rings. The second-order valence-corrected chi connectivity index (χ2v) is 7.09. The summed E-state index contributed by atoms with van der Waals surface area (Å²) in [5.41, 5.74) is 1.20. The van der Waals surface area contributed by atoms with Crippen molar-refractivity contribution >= 4 is 22.8 Å². The van der Waals surface area contributed by atoms with Crippen LogP contribution in [0.5, 0.6) is 5.75 Å². The van der Waals surface area contributed by atoms with Gasteiger partial charge in [0, 0.05) is 25.6 Å². The molecular formula is C17H23NO3S. The molecule has 1 aromatic rings. The molecule has 1 aliphatic heterocycles. The van der Waals surface area contributed by atoms with Crippen LogP contribution in [0.4, 0.5) is 0 Å². The monoisotopic (exact) mass is 321 g/mol. The van der Waals surface area contributed by atoms with Crippen LogP contribution >= 0.6 is 11.8 Å². The highest BCUT2D eigenvalue weighted by Gasteiger charge is 2.32. The zero-order valence-corrected chi connectivity index (χ0v) is 14.2. The van der Waals surface area contributed by atoms with Gasteiger partial charge in [0.15, 0.2) is 5.12 Å². The molecule has 1 amide bonds. The van der Waals surface area contributed by atoms with E-state index in [9.17, 15) is 9.59 Å². The van der Waals surface area contributed by atoms with E-state index in [1.165, 1.54) is 17.3 Å². The van der Waals surface area contributed by atoms with Crippen LogP contribution in [0, 0.1) is 12.8 Å². The first-order valence-corrected chi connectivity index (χ1v) is 8.56. The normalized spacial score (nSPS) is 19.3. The van der Waals surface area contributed by atoms with Crippen LogP contribution in [-0.2, 0) is 9.59 Å². The Labute approximate surface area is 136 Å². The maximum absolute atomic E-state index is 12.1. The number of rotatable bonds is 6. The van der Waals surface area contributed by atoms with Crippen LogP contribution in [0.15, 0.2) is 24.3 Å². The third-order valence-electron chi connectivity index (χ3n) is 3.81. The molecule has 0 N–H and O–H groups in total. The van der Waals surface area contributed by atoms with E-state index in [0.29, 0.717) is 13.0 Å². The molecule has 2 unspecified atom stereocenters. The lowest BCUT2D eigenvalue weighted by Crippen LogP contribution is -2.38. The second kappa shape index (κ2) is 7.68. The van der Waals surface area contributed by atoms with Gasteiger partial charge in [0.25, 0.3) is 0 Å². The molecule has 0 aliphatic carbocycles. The first kappa shape index (κ1) is 16.9. The Kier molecular flexibility index (Phi) is 5.89. The van der Waals surface area contributed by atoms with Crippen molar-refractivity contribution in [3.8, 4) is 5.75 Å². The second-order valence-electron chi connectivity index (χ2n) is 5.89. The van der Waals surface area contributed by atoms with Crippen LogP contribution in [0.25, 0.3) is 0 Å². The molecule has 0 saturated carbocycles. The third kappa shape index (κ3) is 4.77. The molecule has 5 heteroatoms. The Morgan fingerprint density at radius 1 is 1.41 bits per heavy atom. The molecule has 1 aromatic carbocycles. The zero-order valence-electron chi connectivity index (χ0n) is 13.4. The van der Waals surface area contributed by atoms with Crippen molar-refractivity contribution in [3.05, 3.63) is 29.8 Å². The SMILES string of the molecule is CC(=O)SCC1CC(=O)N(C(C)COc2ccc(C)cc2)C1. The molecule has 0 radical (unpaired) electrons.